The van der Waals surface area contributed by atoms with E-state index in [0.29, 0.717) is 10.6 Å². The molecule has 0 aliphatic rings. The highest BCUT2D eigenvalue weighted by Gasteiger charge is 2.28. The number of nitrogens with one attached hydrogen (secondary N) is 1. The monoisotopic (exact) mass is 411 g/mol. The molecule has 0 amide bonds. The number of alkyl halides is 3. The lowest BCUT2D eigenvalue weighted by Crippen LogP contribution is -2.33. The van der Waals surface area contributed by atoms with Crippen molar-refractivity contribution < 1.29 is 26.0 Å². The van der Waals surface area contributed by atoms with Crippen LogP contribution in [0.3, 0.4) is 0 Å². The summed E-state index contributed by atoms with van der Waals surface area (Å²) in [7, 11) is -2.48. The molecule has 0 fully saturated rings. The lowest BCUT2D eigenvalue weighted by atomic mass is 10.2. The fourth-order valence-corrected chi connectivity index (χ4v) is 4.38. The molecule has 0 saturated carbocycles. The van der Waals surface area contributed by atoms with E-state index in [1.165, 1.54) is 37.5 Å². The molecule has 5 nitrogen and oxygen atoms in total. The van der Waals surface area contributed by atoms with Gasteiger partial charge in [-0.05, 0) is 44.3 Å². The smallest absolute Gasteiger partial charge is 0.298 e. The number of sulfonamides is 1. The summed E-state index contributed by atoms with van der Waals surface area (Å²) in [6.45, 7) is -0.935. The number of halogens is 4. The van der Waals surface area contributed by atoms with Gasteiger partial charge in [-0.1, -0.05) is 0 Å². The van der Waals surface area contributed by atoms with Crippen molar-refractivity contribution in [3.8, 4) is 10.6 Å². The van der Waals surface area contributed by atoms with Gasteiger partial charge < -0.3 is 0 Å². The van der Waals surface area contributed by atoms with E-state index in [1.807, 2.05) is 0 Å². The lowest BCUT2D eigenvalue weighted by Gasteiger charge is -2.18. The third-order valence-corrected chi connectivity index (χ3v) is 6.27. The van der Waals surface area contributed by atoms with Crippen molar-refractivity contribution in [2.75, 3.05) is 26.7 Å². The summed E-state index contributed by atoms with van der Waals surface area (Å²) in [4.78, 5) is 5.10. The van der Waals surface area contributed by atoms with Crippen LogP contribution in [0.4, 0.5) is 17.6 Å². The van der Waals surface area contributed by atoms with Crippen LogP contribution >= 0.6 is 11.3 Å². The van der Waals surface area contributed by atoms with E-state index in [0.717, 1.165) is 16.2 Å². The zero-order valence-electron chi connectivity index (χ0n) is 13.8. The Kier molecular flexibility index (Phi) is 6.72. The van der Waals surface area contributed by atoms with Crippen molar-refractivity contribution in [2.24, 2.45) is 0 Å². The average molecular weight is 411 g/mol. The zero-order valence-corrected chi connectivity index (χ0v) is 15.4. The van der Waals surface area contributed by atoms with E-state index >= 15 is 0 Å². The highest BCUT2D eigenvalue weighted by Crippen LogP contribution is 2.27. The first-order valence-electron chi connectivity index (χ1n) is 7.53. The maximum atomic E-state index is 12.9. The molecule has 26 heavy (non-hydrogen) atoms. The molecular formula is C15H17F4N3O2S2. The second kappa shape index (κ2) is 8.42. The third kappa shape index (κ3) is 6.31. The standard InChI is InChI=1S/C15H17F4N3O2S2/c1-22(10-15(17,18)19)8-2-7-21-26(23,24)13-9-20-14(25-13)11-3-5-12(16)6-4-11/h3-6,9,21H,2,7-8,10H2,1H3. The predicted octanol–water partition coefficient (Wildman–Crippen LogP) is 3.11. The Labute approximate surface area is 152 Å². The molecule has 0 saturated heterocycles. The second-order valence-corrected chi connectivity index (χ2v) is 8.62. The van der Waals surface area contributed by atoms with Gasteiger partial charge in [0, 0.05) is 12.1 Å². The van der Waals surface area contributed by atoms with Crippen LogP contribution in [-0.2, 0) is 10.0 Å². The maximum absolute atomic E-state index is 12.9. The van der Waals surface area contributed by atoms with Crippen LogP contribution in [0.2, 0.25) is 0 Å². The minimum Gasteiger partial charge on any atom is -0.298 e. The first-order valence-corrected chi connectivity index (χ1v) is 9.83. The Bertz CT molecular complexity index is 820. The van der Waals surface area contributed by atoms with Crippen molar-refractivity contribution in [2.45, 2.75) is 16.8 Å². The molecule has 2 rings (SSSR count). The Morgan fingerprint density at radius 2 is 1.88 bits per heavy atom. The van der Waals surface area contributed by atoms with Gasteiger partial charge in [-0.25, -0.2) is 22.5 Å². The normalized spacial score (nSPS) is 12.7. The average Bonchev–Trinajstić information content (AvgIpc) is 3.01. The van der Waals surface area contributed by atoms with Crippen LogP contribution in [0.5, 0.6) is 0 Å². The molecule has 1 heterocycles. The Morgan fingerprint density at radius 1 is 1.23 bits per heavy atom. The molecule has 0 atom stereocenters. The molecule has 11 heteroatoms. The molecule has 0 aliphatic heterocycles. The van der Waals surface area contributed by atoms with Crippen molar-refractivity contribution >= 4 is 21.4 Å². The number of benzene rings is 1. The largest absolute Gasteiger partial charge is 0.401 e. The first kappa shape index (κ1) is 20.7. The fourth-order valence-electron chi connectivity index (χ4n) is 2.12. The van der Waals surface area contributed by atoms with Crippen molar-refractivity contribution in [1.29, 1.82) is 0 Å². The molecule has 1 N–H and O–H groups in total. The van der Waals surface area contributed by atoms with E-state index in [9.17, 15) is 26.0 Å². The summed E-state index contributed by atoms with van der Waals surface area (Å²) in [5, 5.41) is 0.426. The summed E-state index contributed by atoms with van der Waals surface area (Å²) >= 11 is 0.928. The molecular weight excluding hydrogens is 394 g/mol. The topological polar surface area (TPSA) is 62.3 Å². The van der Waals surface area contributed by atoms with Crippen LogP contribution in [0.15, 0.2) is 34.7 Å². The van der Waals surface area contributed by atoms with Gasteiger partial charge in [-0.2, -0.15) is 13.2 Å². The van der Waals surface area contributed by atoms with Gasteiger partial charge in [0.2, 0.25) is 0 Å². The highest BCUT2D eigenvalue weighted by atomic mass is 32.2. The van der Waals surface area contributed by atoms with Crippen LogP contribution in [0.25, 0.3) is 10.6 Å². The number of nitrogens with zero attached hydrogens (tertiary/aromatic N) is 2. The molecule has 1 aromatic heterocycles. The summed E-state index contributed by atoms with van der Waals surface area (Å²) in [5.74, 6) is -0.407. The van der Waals surface area contributed by atoms with Crippen molar-refractivity contribution in [3.63, 3.8) is 0 Å². The second-order valence-electron chi connectivity index (χ2n) is 5.60. The summed E-state index contributed by atoms with van der Waals surface area (Å²) < 4.78 is 76.3. The quantitative estimate of drug-likeness (QED) is 0.536. The molecule has 2 aromatic rings. The van der Waals surface area contributed by atoms with Gasteiger partial charge in [0.05, 0.1) is 12.7 Å². The maximum Gasteiger partial charge on any atom is 0.401 e. The minimum absolute atomic E-state index is 0.00825. The van der Waals surface area contributed by atoms with E-state index in [1.54, 1.807) is 0 Å². The van der Waals surface area contributed by atoms with Crippen LogP contribution in [0, 0.1) is 5.82 Å². The summed E-state index contributed by atoms with van der Waals surface area (Å²) in [5.41, 5.74) is 0.589. The Balaban J connectivity index is 1.89. The molecule has 144 valence electrons. The van der Waals surface area contributed by atoms with Gasteiger partial charge >= 0.3 is 6.18 Å². The first-order chi connectivity index (χ1) is 12.1. The molecule has 0 aliphatic carbocycles. The number of hydrogen-bond acceptors (Lipinski definition) is 5. The molecule has 0 unspecified atom stereocenters. The van der Waals surface area contributed by atoms with Gasteiger partial charge in [0.15, 0.2) is 4.21 Å². The van der Waals surface area contributed by atoms with E-state index in [2.05, 4.69) is 9.71 Å². The number of hydrogen-bond donors (Lipinski definition) is 1. The van der Waals surface area contributed by atoms with E-state index in [4.69, 9.17) is 0 Å². The molecule has 0 bridgehead atoms. The zero-order chi connectivity index (χ0) is 19.4. The predicted molar refractivity (Wildman–Crippen MR) is 90.9 cm³/mol. The van der Waals surface area contributed by atoms with Crippen LogP contribution in [0.1, 0.15) is 6.42 Å². The van der Waals surface area contributed by atoms with Crippen LogP contribution in [-0.4, -0.2) is 51.2 Å². The van der Waals surface area contributed by atoms with Gasteiger partial charge in [-0.15, -0.1) is 11.3 Å². The Hall–Kier alpha value is -1.56. The van der Waals surface area contributed by atoms with E-state index < -0.39 is 28.6 Å². The Morgan fingerprint density at radius 3 is 2.50 bits per heavy atom. The SMILES string of the molecule is CN(CCCNS(=O)(=O)c1cnc(-c2ccc(F)cc2)s1)CC(F)(F)F. The van der Waals surface area contributed by atoms with Crippen molar-refractivity contribution in [3.05, 3.63) is 36.3 Å². The number of thiazole rings is 1. The third-order valence-electron chi connectivity index (χ3n) is 3.30. The lowest BCUT2D eigenvalue weighted by molar-refractivity contribution is -0.143. The summed E-state index contributed by atoms with van der Waals surface area (Å²) in [6, 6.07) is 5.49. The fraction of sp³-hybridized carbons (Fsp3) is 0.400. The van der Waals surface area contributed by atoms with E-state index in [-0.39, 0.29) is 23.7 Å². The number of rotatable bonds is 8. The molecule has 0 radical (unpaired) electrons. The molecule has 0 spiro atoms. The number of aromatic nitrogens is 1. The van der Waals surface area contributed by atoms with Crippen LogP contribution < -0.4 is 4.72 Å². The summed E-state index contributed by atoms with van der Waals surface area (Å²) in [6.07, 6.45) is -2.86. The molecule has 1 aromatic carbocycles. The minimum atomic E-state index is -4.28. The highest BCUT2D eigenvalue weighted by molar-refractivity contribution is 7.91. The van der Waals surface area contributed by atoms with Gasteiger partial charge in [-0.3, -0.25) is 4.90 Å². The van der Waals surface area contributed by atoms with Gasteiger partial charge in [0.25, 0.3) is 10.0 Å². The van der Waals surface area contributed by atoms with Gasteiger partial charge in [0.1, 0.15) is 10.8 Å². The van der Waals surface area contributed by atoms with Crippen molar-refractivity contribution in [1.82, 2.24) is 14.6 Å².